The summed E-state index contributed by atoms with van der Waals surface area (Å²) in [6.45, 7) is 1.59. The van der Waals surface area contributed by atoms with Crippen LogP contribution in [0.3, 0.4) is 0 Å². The van der Waals surface area contributed by atoms with E-state index in [0.29, 0.717) is 45.5 Å². The molecule has 2 aromatic carbocycles. The van der Waals surface area contributed by atoms with Crippen molar-refractivity contribution in [2.24, 2.45) is 11.3 Å². The molecular formula is C33H31F3N2O4. The summed E-state index contributed by atoms with van der Waals surface area (Å²) in [7, 11) is 1.49. The highest BCUT2D eigenvalue weighted by Crippen LogP contribution is 2.66. The van der Waals surface area contributed by atoms with Crippen LogP contribution >= 0.6 is 0 Å². The van der Waals surface area contributed by atoms with Crippen LogP contribution in [0.2, 0.25) is 0 Å². The summed E-state index contributed by atoms with van der Waals surface area (Å²) >= 11 is 0. The average Bonchev–Trinajstić information content (AvgIpc) is 3.30. The minimum absolute atomic E-state index is 0.0500. The van der Waals surface area contributed by atoms with Gasteiger partial charge in [-0.05, 0) is 67.2 Å². The van der Waals surface area contributed by atoms with Gasteiger partial charge in [0.25, 0.3) is 5.91 Å². The number of hydrogen-bond donors (Lipinski definition) is 2. The van der Waals surface area contributed by atoms with Gasteiger partial charge in [0.2, 0.25) is 5.71 Å². The average molecular weight is 577 g/mol. The van der Waals surface area contributed by atoms with Crippen molar-refractivity contribution in [1.29, 1.82) is 0 Å². The number of ketones is 1. The van der Waals surface area contributed by atoms with Crippen LogP contribution in [-0.4, -0.2) is 35.0 Å². The number of hydrogen-bond acceptors (Lipinski definition) is 5. The summed E-state index contributed by atoms with van der Waals surface area (Å²) < 4.78 is 46.1. The zero-order chi connectivity index (χ0) is 29.8. The SMILES string of the molecule is CNC(=O)c1c(-c2ccc(C)cc2)oc2nc(CCC(F)(F)F)c(-c3ccc(CO)c(C(=O)CC45CC(C4)C5)c3)cc12. The molecule has 3 aliphatic rings. The molecular weight excluding hydrogens is 545 g/mol. The molecule has 0 aliphatic heterocycles. The number of aryl methyl sites for hydroxylation is 2. The molecule has 0 atom stereocenters. The van der Waals surface area contributed by atoms with E-state index in [0.717, 1.165) is 24.8 Å². The summed E-state index contributed by atoms with van der Waals surface area (Å²) in [5, 5.41) is 13.0. The van der Waals surface area contributed by atoms with Gasteiger partial charge >= 0.3 is 6.18 Å². The fourth-order valence-corrected chi connectivity index (χ4v) is 6.47. The Morgan fingerprint density at radius 2 is 1.76 bits per heavy atom. The summed E-state index contributed by atoms with van der Waals surface area (Å²) in [5.74, 6) is 0.469. The predicted octanol–water partition coefficient (Wildman–Crippen LogP) is 7.19. The van der Waals surface area contributed by atoms with Gasteiger partial charge in [0.1, 0.15) is 5.76 Å². The molecule has 2 aromatic heterocycles. The number of benzene rings is 2. The van der Waals surface area contributed by atoms with Gasteiger partial charge in [0.05, 0.1) is 23.3 Å². The second-order valence-corrected chi connectivity index (χ2v) is 11.8. The summed E-state index contributed by atoms with van der Waals surface area (Å²) in [4.78, 5) is 31.1. The maximum atomic E-state index is 13.4. The highest BCUT2D eigenvalue weighted by Gasteiger charge is 2.57. The number of aromatic nitrogens is 1. The molecule has 3 saturated carbocycles. The molecule has 218 valence electrons. The molecule has 0 radical (unpaired) electrons. The van der Waals surface area contributed by atoms with Gasteiger partial charge in [-0.15, -0.1) is 0 Å². The first-order valence-corrected chi connectivity index (χ1v) is 14.1. The molecule has 7 rings (SSSR count). The number of amides is 1. The van der Waals surface area contributed by atoms with Crippen LogP contribution in [0.4, 0.5) is 13.2 Å². The Labute approximate surface area is 241 Å². The summed E-state index contributed by atoms with van der Waals surface area (Å²) in [5.41, 5.74) is 3.80. The van der Waals surface area contributed by atoms with Crippen LogP contribution in [0.5, 0.6) is 0 Å². The number of carbonyl (C=O) groups is 2. The van der Waals surface area contributed by atoms with Gasteiger partial charge in [-0.2, -0.15) is 13.2 Å². The van der Waals surface area contributed by atoms with E-state index in [4.69, 9.17) is 4.42 Å². The van der Waals surface area contributed by atoms with E-state index in [2.05, 4.69) is 10.3 Å². The van der Waals surface area contributed by atoms with E-state index in [1.165, 1.54) is 7.05 Å². The Morgan fingerprint density at radius 1 is 1.07 bits per heavy atom. The monoisotopic (exact) mass is 576 g/mol. The Morgan fingerprint density at radius 3 is 2.36 bits per heavy atom. The van der Waals surface area contributed by atoms with Gasteiger partial charge < -0.3 is 14.8 Å². The smallest absolute Gasteiger partial charge is 0.389 e. The number of Topliss-reactive ketones (excluding diaryl/α,β-unsaturated/α-hetero) is 1. The molecule has 2 N–H and O–H groups in total. The van der Waals surface area contributed by atoms with Crippen molar-refractivity contribution in [2.45, 2.75) is 58.2 Å². The van der Waals surface area contributed by atoms with Crippen LogP contribution in [-0.2, 0) is 13.0 Å². The van der Waals surface area contributed by atoms with Gasteiger partial charge in [0, 0.05) is 36.6 Å². The van der Waals surface area contributed by atoms with Gasteiger partial charge in [-0.1, -0.05) is 42.0 Å². The van der Waals surface area contributed by atoms with Crippen LogP contribution in [0, 0.1) is 18.3 Å². The fourth-order valence-electron chi connectivity index (χ4n) is 6.47. The summed E-state index contributed by atoms with van der Waals surface area (Å²) in [6, 6.07) is 13.9. The van der Waals surface area contributed by atoms with E-state index in [1.807, 2.05) is 31.2 Å². The molecule has 2 bridgehead atoms. The number of fused-ring (bicyclic) bond motifs is 1. The van der Waals surface area contributed by atoms with Crippen LogP contribution in [0.15, 0.2) is 52.9 Å². The zero-order valence-electron chi connectivity index (χ0n) is 23.4. The molecule has 0 spiro atoms. The van der Waals surface area contributed by atoms with E-state index >= 15 is 0 Å². The Kier molecular flexibility index (Phi) is 6.96. The van der Waals surface area contributed by atoms with Gasteiger partial charge in [0.15, 0.2) is 5.78 Å². The van der Waals surface area contributed by atoms with Crippen LogP contribution in [0.1, 0.15) is 69.6 Å². The molecule has 2 heterocycles. The molecule has 42 heavy (non-hydrogen) atoms. The maximum absolute atomic E-state index is 13.4. The molecule has 4 aromatic rings. The van der Waals surface area contributed by atoms with E-state index in [-0.39, 0.29) is 40.5 Å². The van der Waals surface area contributed by atoms with Crippen LogP contribution in [0.25, 0.3) is 33.6 Å². The van der Waals surface area contributed by atoms with Gasteiger partial charge in [-0.3, -0.25) is 9.59 Å². The number of carbonyl (C=O) groups excluding carboxylic acids is 2. The molecule has 6 nitrogen and oxygen atoms in total. The Balaban J connectivity index is 1.51. The first-order chi connectivity index (χ1) is 20.0. The number of pyridine rings is 1. The largest absolute Gasteiger partial charge is 0.437 e. The lowest BCUT2D eigenvalue weighted by molar-refractivity contribution is -0.134. The molecule has 3 fully saturated rings. The Bertz CT molecular complexity index is 1690. The van der Waals surface area contributed by atoms with Crippen molar-refractivity contribution in [2.75, 3.05) is 7.05 Å². The van der Waals surface area contributed by atoms with E-state index in [1.54, 1.807) is 24.3 Å². The highest BCUT2D eigenvalue weighted by atomic mass is 19.4. The second kappa shape index (κ2) is 10.4. The van der Waals surface area contributed by atoms with Crippen molar-refractivity contribution in [3.63, 3.8) is 0 Å². The first-order valence-electron chi connectivity index (χ1n) is 14.1. The van der Waals surface area contributed by atoms with E-state index < -0.39 is 24.9 Å². The fraction of sp³-hybridized carbons (Fsp3) is 0.364. The summed E-state index contributed by atoms with van der Waals surface area (Å²) in [6.07, 6.45) is -2.41. The van der Waals surface area contributed by atoms with E-state index in [9.17, 15) is 27.9 Å². The van der Waals surface area contributed by atoms with Gasteiger partial charge in [-0.25, -0.2) is 4.98 Å². The Hall–Kier alpha value is -3.98. The number of nitrogens with one attached hydrogen (secondary N) is 1. The predicted molar refractivity (Wildman–Crippen MR) is 152 cm³/mol. The third-order valence-corrected chi connectivity index (χ3v) is 8.77. The maximum Gasteiger partial charge on any atom is 0.389 e. The number of aliphatic hydroxyl groups is 1. The minimum atomic E-state index is -4.41. The lowest BCUT2D eigenvalue weighted by Gasteiger charge is -2.62. The molecule has 3 aliphatic carbocycles. The number of rotatable bonds is 9. The quantitative estimate of drug-likeness (QED) is 0.206. The molecule has 0 unspecified atom stereocenters. The standard InChI is InChI=1S/C33H31F3N2O4/c1-18-3-5-20(6-4-18)29-28(30(41)37-2)25-12-23(26(38-31(25)42-29)9-10-33(34,35)36)21-7-8-22(17-39)24(11-21)27(40)16-32-13-19(14-32)15-32/h3-8,11-12,19,39H,9-10,13-17H2,1-2H3,(H,37,41). The van der Waals surface area contributed by atoms with Crippen LogP contribution < -0.4 is 5.32 Å². The number of nitrogens with zero attached hydrogens (tertiary/aromatic N) is 1. The highest BCUT2D eigenvalue weighted by molar-refractivity contribution is 6.11. The first kappa shape index (κ1) is 28.2. The lowest BCUT2D eigenvalue weighted by atomic mass is 9.43. The number of halogens is 3. The number of furan rings is 1. The third-order valence-electron chi connectivity index (χ3n) is 8.77. The third kappa shape index (κ3) is 5.11. The van der Waals surface area contributed by atoms with Crippen molar-refractivity contribution in [1.82, 2.24) is 10.3 Å². The second-order valence-electron chi connectivity index (χ2n) is 11.8. The normalized spacial score (nSPS) is 19.3. The van der Waals surface area contributed by atoms with Crippen molar-refractivity contribution in [3.8, 4) is 22.5 Å². The molecule has 9 heteroatoms. The van der Waals surface area contributed by atoms with Crippen molar-refractivity contribution in [3.05, 3.63) is 76.5 Å². The zero-order valence-corrected chi connectivity index (χ0v) is 23.4. The number of aliphatic hydroxyl groups excluding tert-OH is 1. The topological polar surface area (TPSA) is 92.4 Å². The minimum Gasteiger partial charge on any atom is -0.437 e. The van der Waals surface area contributed by atoms with Crippen molar-refractivity contribution >= 4 is 22.8 Å². The lowest BCUT2D eigenvalue weighted by Crippen LogP contribution is -2.52. The molecule has 1 amide bonds. The number of alkyl halides is 3. The molecule has 0 saturated heterocycles. The van der Waals surface area contributed by atoms with Crippen molar-refractivity contribution < 1.29 is 32.3 Å².